The van der Waals surface area contributed by atoms with Crippen molar-refractivity contribution < 1.29 is 29.6 Å². The number of rotatable bonds is 13. The summed E-state index contributed by atoms with van der Waals surface area (Å²) in [5.74, 6) is 6.77. The van der Waals surface area contributed by atoms with Crippen molar-refractivity contribution in [3.05, 3.63) is 172 Å². The molecule has 6 aliphatic heterocycles. The Balaban J connectivity index is 0.883. The van der Waals surface area contributed by atoms with Crippen LogP contribution in [0.4, 0.5) is 0 Å². The van der Waals surface area contributed by atoms with E-state index in [1.807, 2.05) is 19.2 Å². The number of aromatic hydroxyl groups is 1. The number of nitrogens with two attached hydrogens (primary N) is 2. The van der Waals surface area contributed by atoms with E-state index in [1.54, 1.807) is 12.1 Å². The van der Waals surface area contributed by atoms with Crippen molar-refractivity contribution in [2.45, 2.75) is 152 Å². The zero-order valence-corrected chi connectivity index (χ0v) is 55.9. The van der Waals surface area contributed by atoms with Crippen LogP contribution in [0.15, 0.2) is 144 Å². The number of hydrogen-bond acceptors (Lipinski definition) is 15. The number of phenolic OH excluding ortho intramolecular Hbond substituents is 1. The number of guanidine groups is 1. The molecule has 10 aliphatic rings. The zero-order chi connectivity index (χ0) is 65.6. The molecule has 0 radical (unpaired) electrons. The Morgan fingerprint density at radius 2 is 1.66 bits per heavy atom. The molecule has 0 aromatic heterocycles. The molecule has 15 heteroatoms. The van der Waals surface area contributed by atoms with Crippen molar-refractivity contribution >= 4 is 23.1 Å². The molecule has 6 fully saturated rings. The number of piperidine rings is 1. The SMILES string of the molecule is COc1cc2c(cc1O)CC1=CNC(N)C=C1C(Cc1cccc(CCc3ccccc3)c1)CC#CN=C(N)NCC1CC(c3ccccc3)CNC3CC4(CC13)C(NCC(C)O)CC1(CC3C5CCNCC5CC5C=CCNC53)CC(CCC14)CC(=O)CC(=O)C=C2CO. The van der Waals surface area contributed by atoms with Gasteiger partial charge < -0.3 is 63.4 Å². The van der Waals surface area contributed by atoms with Crippen molar-refractivity contribution in [1.82, 2.24) is 31.9 Å². The molecule has 504 valence electrons. The Bertz CT molecular complexity index is 3590. The molecule has 4 aromatic rings. The minimum Gasteiger partial charge on any atom is -0.504 e. The van der Waals surface area contributed by atoms with Crippen molar-refractivity contribution in [2.24, 2.45) is 80.6 Å². The highest BCUT2D eigenvalue weighted by atomic mass is 16.5. The fourth-order valence-electron chi connectivity index (χ4n) is 20.4. The highest BCUT2D eigenvalue weighted by Crippen LogP contribution is 2.71. The average molecular weight is 1290 g/mol. The lowest BCUT2D eigenvalue weighted by Crippen LogP contribution is -2.57. The highest BCUT2D eigenvalue weighted by Gasteiger charge is 2.68. The van der Waals surface area contributed by atoms with Crippen LogP contribution in [0.1, 0.15) is 130 Å². The quantitative estimate of drug-likeness (QED) is 0.0341. The number of carbonyl (C=O) groups excluding carboxylic acids is 2. The van der Waals surface area contributed by atoms with Gasteiger partial charge in [0, 0.05) is 69.4 Å². The number of hydrogen-bond donors (Lipinski definition) is 11. The number of aryl methyl sites for hydroxylation is 2. The van der Waals surface area contributed by atoms with Gasteiger partial charge in [0.25, 0.3) is 0 Å². The third-order valence-corrected chi connectivity index (χ3v) is 24.3. The molecule has 4 saturated carbocycles. The minimum atomic E-state index is -0.515. The van der Waals surface area contributed by atoms with Crippen molar-refractivity contribution in [3.63, 3.8) is 0 Å². The first-order chi connectivity index (χ1) is 46.2. The predicted octanol–water partition coefficient (Wildman–Crippen LogP) is 8.93. The van der Waals surface area contributed by atoms with Crippen LogP contribution < -0.4 is 48.1 Å². The maximum absolute atomic E-state index is 14.9. The Morgan fingerprint density at radius 1 is 0.863 bits per heavy atom. The molecule has 17 unspecified atom stereocenters. The van der Waals surface area contributed by atoms with Crippen LogP contribution in [0.25, 0.3) is 5.57 Å². The summed E-state index contributed by atoms with van der Waals surface area (Å²) in [4.78, 5) is 34.2. The minimum absolute atomic E-state index is 0.0754. The number of ketones is 2. The summed E-state index contributed by atoms with van der Waals surface area (Å²) in [6.45, 7) is 6.44. The standard InChI is InChI=1S/C80H103N9O6/c1-50(91)44-87-75-43-79(40-70-66-24-27-83-45-60(66)31-57-19-11-25-84-77(57)70)39-54-22-23-74(79)80(75)41-69-62(33-59(46-86-71(69)42-80)55-16-7-4-8-17-55)48-89-78(82)85-26-10-18-56(29-53-15-9-14-52(28-53)21-20-51-12-5-3-6-13-51)68-38-76(81)88-47-61(68)32-58-35-72(94)73(95-2)37-67(58)63(49-90)34-65(93)36-64(92)30-54/h3-9,11-17,19,28,34-35,37-38,47,50,54,56-57,59-60,62,66,69-71,74-77,83-84,86-88,90-91,94H,18,20-25,27,29-33,36,39-46,48-49,81H2,1-2H3,(H3,82,85,89). The number of fused-ring (bicyclic) bond motifs is 12. The van der Waals surface area contributed by atoms with E-state index in [9.17, 15) is 24.9 Å². The zero-order valence-electron chi connectivity index (χ0n) is 55.9. The number of nitrogens with zero attached hydrogens (tertiary/aromatic N) is 1. The predicted molar refractivity (Wildman–Crippen MR) is 377 cm³/mol. The summed E-state index contributed by atoms with van der Waals surface area (Å²) in [7, 11) is 1.48. The second-order valence-electron chi connectivity index (χ2n) is 30.2. The van der Waals surface area contributed by atoms with E-state index in [2.05, 4.69) is 141 Å². The van der Waals surface area contributed by atoms with Gasteiger partial charge in [-0.05, 0) is 254 Å². The first-order valence-electron chi connectivity index (χ1n) is 35.9. The van der Waals surface area contributed by atoms with Gasteiger partial charge in [0.15, 0.2) is 17.3 Å². The van der Waals surface area contributed by atoms with Gasteiger partial charge in [-0.3, -0.25) is 9.59 Å². The third-order valence-electron chi connectivity index (χ3n) is 24.3. The van der Waals surface area contributed by atoms with Crippen LogP contribution in [0.2, 0.25) is 0 Å². The Labute approximate surface area is 563 Å². The first kappa shape index (κ1) is 66.7. The lowest BCUT2D eigenvalue weighted by atomic mass is 9.52. The van der Waals surface area contributed by atoms with Gasteiger partial charge in [0.1, 0.15) is 5.78 Å². The van der Waals surface area contributed by atoms with Gasteiger partial charge in [0.2, 0.25) is 5.96 Å². The van der Waals surface area contributed by atoms with Crippen LogP contribution in [0.3, 0.4) is 0 Å². The van der Waals surface area contributed by atoms with E-state index in [4.69, 9.17) is 21.2 Å². The number of benzene rings is 4. The molecule has 4 aliphatic carbocycles. The highest BCUT2D eigenvalue weighted by molar-refractivity contribution is 6.08. The van der Waals surface area contributed by atoms with Crippen molar-refractivity contribution in [1.29, 1.82) is 0 Å². The lowest BCUT2D eigenvalue weighted by molar-refractivity contribution is -0.126. The summed E-state index contributed by atoms with van der Waals surface area (Å²) in [6, 6.07) is 37.6. The molecule has 0 amide bonds. The van der Waals surface area contributed by atoms with Gasteiger partial charge in [-0.15, -0.1) is 0 Å². The molecule has 4 aromatic carbocycles. The molecular formula is C80H103N9O6. The monoisotopic (exact) mass is 1290 g/mol. The Hall–Kier alpha value is -6.87. The maximum Gasteiger partial charge on any atom is 0.202 e. The largest absolute Gasteiger partial charge is 0.504 e. The molecule has 2 saturated heterocycles. The molecule has 1 spiro atoms. The second-order valence-corrected chi connectivity index (χ2v) is 30.2. The number of Topliss-reactive ketones (excluding diaryl/α,β-unsaturated/α-hetero) is 1. The summed E-state index contributed by atoms with van der Waals surface area (Å²) in [5.41, 5.74) is 22.0. The average Bonchev–Trinajstić information content (AvgIpc) is 1.54. The normalized spacial score (nSPS) is 33.7. The number of ether oxygens (including phenoxy) is 1. The summed E-state index contributed by atoms with van der Waals surface area (Å²) < 4.78 is 5.69. The van der Waals surface area contributed by atoms with Gasteiger partial charge >= 0.3 is 0 Å². The number of phenols is 1. The van der Waals surface area contributed by atoms with E-state index in [1.165, 1.54) is 42.7 Å². The molecule has 17 atom stereocenters. The number of nitrogens with one attached hydrogen (secondary N) is 6. The number of dihydropyridines is 1. The summed E-state index contributed by atoms with van der Waals surface area (Å²) >= 11 is 0. The topological polar surface area (TPSA) is 241 Å². The molecule has 14 rings (SSSR count). The number of allylic oxidation sites excluding steroid dienone is 3. The Morgan fingerprint density at radius 3 is 2.48 bits per heavy atom. The van der Waals surface area contributed by atoms with Crippen molar-refractivity contribution in [3.8, 4) is 23.5 Å². The fourth-order valence-corrected chi connectivity index (χ4v) is 20.4. The molecule has 5 bridgehead atoms. The molecule has 15 nitrogen and oxygen atoms in total. The van der Waals surface area contributed by atoms with Gasteiger partial charge in [-0.25, -0.2) is 0 Å². The van der Waals surface area contributed by atoms with E-state index < -0.39 is 18.9 Å². The Kier molecular flexibility index (Phi) is 21.0. The number of aliphatic hydroxyl groups excluding tert-OH is 2. The maximum atomic E-state index is 14.9. The lowest BCUT2D eigenvalue weighted by Gasteiger charge is -2.55. The van der Waals surface area contributed by atoms with Gasteiger partial charge in [0.05, 0.1) is 32.4 Å². The van der Waals surface area contributed by atoms with E-state index in [-0.39, 0.29) is 76.6 Å². The number of aliphatic imine (C=N–C) groups is 1. The summed E-state index contributed by atoms with van der Waals surface area (Å²) in [6.07, 6.45) is 22.8. The van der Waals surface area contributed by atoms with Crippen LogP contribution in [0, 0.1) is 76.1 Å². The molecular weight excluding hydrogens is 1180 g/mol. The smallest absolute Gasteiger partial charge is 0.202 e. The summed E-state index contributed by atoms with van der Waals surface area (Å²) in [5, 5.41) is 57.3. The second kappa shape index (κ2) is 29.9. The molecule has 95 heavy (non-hydrogen) atoms. The number of aliphatic hydroxyl groups is 2. The van der Waals surface area contributed by atoms with Gasteiger partial charge in [-0.2, -0.15) is 4.99 Å². The van der Waals surface area contributed by atoms with Gasteiger partial charge in [-0.1, -0.05) is 103 Å². The van der Waals surface area contributed by atoms with Crippen LogP contribution >= 0.6 is 0 Å². The van der Waals surface area contributed by atoms with Crippen LogP contribution in [-0.4, -0.2) is 116 Å². The van der Waals surface area contributed by atoms with Crippen LogP contribution in [0.5, 0.6) is 11.5 Å². The third kappa shape index (κ3) is 15.0. The number of methoxy groups -OCH3 is 1. The van der Waals surface area contributed by atoms with Crippen molar-refractivity contribution in [2.75, 3.05) is 53.0 Å². The first-order valence-corrected chi connectivity index (χ1v) is 35.9. The van der Waals surface area contributed by atoms with E-state index >= 15 is 0 Å². The molecule has 13 N–H and O–H groups in total. The molecule has 6 heterocycles. The van der Waals surface area contributed by atoms with E-state index in [0.29, 0.717) is 102 Å². The number of carbonyl (C=O) groups is 2. The fraction of sp³-hybridized carbons (Fsp3) is 0.537. The van der Waals surface area contributed by atoms with E-state index in [0.717, 1.165) is 107 Å². The van der Waals surface area contributed by atoms with Crippen LogP contribution in [-0.2, 0) is 35.3 Å².